The van der Waals surface area contributed by atoms with Crippen molar-refractivity contribution in [3.63, 3.8) is 0 Å². The second kappa shape index (κ2) is 2.49. The number of aliphatic hydroxyl groups excluding tert-OH is 1. The van der Waals surface area contributed by atoms with Crippen LogP contribution in [0.2, 0.25) is 0 Å². The highest BCUT2D eigenvalue weighted by Crippen LogP contribution is 2.43. The predicted octanol–water partition coefficient (Wildman–Crippen LogP) is 1.89. The van der Waals surface area contributed by atoms with Crippen molar-refractivity contribution in [1.82, 2.24) is 0 Å². The smallest absolute Gasteiger partial charge is 0.0644 e. The molecule has 60 valence electrons. The van der Waals surface area contributed by atoms with Crippen LogP contribution in [0.15, 0.2) is 23.3 Å². The zero-order valence-electron chi connectivity index (χ0n) is 6.88. The number of allylic oxidation sites excluding steroid dienone is 3. The Labute approximate surface area is 67.4 Å². The van der Waals surface area contributed by atoms with E-state index < -0.39 is 0 Å². The lowest BCUT2D eigenvalue weighted by Gasteiger charge is -2.14. The molecule has 0 radical (unpaired) electrons. The Bertz CT molecular complexity index is 225. The molecular formula is C10H14O. The molecule has 11 heavy (non-hydrogen) atoms. The molecule has 0 heterocycles. The van der Waals surface area contributed by atoms with Gasteiger partial charge in [-0.2, -0.15) is 0 Å². The van der Waals surface area contributed by atoms with Crippen molar-refractivity contribution in [1.29, 1.82) is 0 Å². The number of fused-ring (bicyclic) bond motifs is 1. The van der Waals surface area contributed by atoms with E-state index in [4.69, 9.17) is 5.11 Å². The molecule has 2 aliphatic carbocycles. The molecule has 0 fully saturated rings. The Hall–Kier alpha value is -0.560. The van der Waals surface area contributed by atoms with Crippen molar-refractivity contribution in [3.05, 3.63) is 23.3 Å². The molecule has 0 spiro atoms. The van der Waals surface area contributed by atoms with Crippen molar-refractivity contribution in [2.75, 3.05) is 6.61 Å². The molecule has 0 aliphatic heterocycles. The van der Waals surface area contributed by atoms with E-state index in [-0.39, 0.29) is 6.61 Å². The highest BCUT2D eigenvalue weighted by Gasteiger charge is 2.32. The predicted molar refractivity (Wildman–Crippen MR) is 45.1 cm³/mol. The van der Waals surface area contributed by atoms with Gasteiger partial charge in [-0.1, -0.05) is 17.7 Å². The Morgan fingerprint density at radius 1 is 1.36 bits per heavy atom. The quantitative estimate of drug-likeness (QED) is 0.566. The van der Waals surface area contributed by atoms with Crippen molar-refractivity contribution in [3.8, 4) is 0 Å². The van der Waals surface area contributed by atoms with Crippen molar-refractivity contribution < 1.29 is 5.11 Å². The van der Waals surface area contributed by atoms with Gasteiger partial charge in [-0.05, 0) is 37.2 Å². The lowest BCUT2D eigenvalue weighted by atomic mass is 9.91. The summed E-state index contributed by atoms with van der Waals surface area (Å²) in [6.07, 6.45) is 6.84. The number of rotatable bonds is 1. The van der Waals surface area contributed by atoms with Gasteiger partial charge in [0.2, 0.25) is 0 Å². The van der Waals surface area contributed by atoms with E-state index in [1.54, 1.807) is 0 Å². The van der Waals surface area contributed by atoms with Crippen LogP contribution in [-0.2, 0) is 0 Å². The highest BCUT2D eigenvalue weighted by molar-refractivity contribution is 5.28. The average molecular weight is 150 g/mol. The first kappa shape index (κ1) is 7.11. The summed E-state index contributed by atoms with van der Waals surface area (Å²) in [6.45, 7) is 2.47. The zero-order chi connectivity index (χ0) is 7.84. The first-order valence-electron chi connectivity index (χ1n) is 4.29. The summed E-state index contributed by atoms with van der Waals surface area (Å²) < 4.78 is 0. The molecule has 2 rings (SSSR count). The molecule has 0 aromatic carbocycles. The third-order valence-corrected chi connectivity index (χ3v) is 3.06. The highest BCUT2D eigenvalue weighted by atomic mass is 16.3. The Kier molecular flexibility index (Phi) is 1.61. The molecule has 0 aromatic rings. The minimum atomic E-state index is 0.266. The third kappa shape index (κ3) is 0.951. The summed E-state index contributed by atoms with van der Waals surface area (Å²) in [5, 5.41) is 9.01. The van der Waals surface area contributed by atoms with Gasteiger partial charge in [0.25, 0.3) is 0 Å². The number of hydrogen-bond donors (Lipinski definition) is 1. The van der Waals surface area contributed by atoms with E-state index in [0.717, 1.165) is 18.8 Å². The largest absolute Gasteiger partial charge is 0.392 e. The average Bonchev–Trinajstić information content (AvgIpc) is 2.53. The SMILES string of the molecule is CC1=CCC2C(CO)=CCC12. The van der Waals surface area contributed by atoms with Gasteiger partial charge in [0.05, 0.1) is 6.61 Å². The topological polar surface area (TPSA) is 20.2 Å². The maximum atomic E-state index is 9.01. The van der Waals surface area contributed by atoms with Crippen LogP contribution in [0.1, 0.15) is 19.8 Å². The molecule has 1 N–H and O–H groups in total. The second-order valence-electron chi connectivity index (χ2n) is 3.57. The molecule has 0 amide bonds. The summed E-state index contributed by atoms with van der Waals surface area (Å²) in [4.78, 5) is 0. The molecule has 2 atom stereocenters. The summed E-state index contributed by atoms with van der Waals surface area (Å²) in [6, 6.07) is 0. The van der Waals surface area contributed by atoms with E-state index in [2.05, 4.69) is 19.1 Å². The van der Waals surface area contributed by atoms with Crippen LogP contribution in [0.5, 0.6) is 0 Å². The molecule has 2 unspecified atom stereocenters. The minimum absolute atomic E-state index is 0.266. The zero-order valence-corrected chi connectivity index (χ0v) is 6.88. The lowest BCUT2D eigenvalue weighted by molar-refractivity contribution is 0.311. The number of hydrogen-bond acceptors (Lipinski definition) is 1. The van der Waals surface area contributed by atoms with E-state index in [0.29, 0.717) is 5.92 Å². The lowest BCUT2D eigenvalue weighted by Crippen LogP contribution is -2.08. The number of aliphatic hydroxyl groups is 1. The van der Waals surface area contributed by atoms with Gasteiger partial charge < -0.3 is 5.11 Å². The van der Waals surface area contributed by atoms with Gasteiger partial charge >= 0.3 is 0 Å². The van der Waals surface area contributed by atoms with E-state index >= 15 is 0 Å². The summed E-state index contributed by atoms with van der Waals surface area (Å²) in [5.41, 5.74) is 2.79. The van der Waals surface area contributed by atoms with Gasteiger partial charge in [-0.25, -0.2) is 0 Å². The van der Waals surface area contributed by atoms with Gasteiger partial charge in [0.1, 0.15) is 0 Å². The molecule has 0 saturated heterocycles. The van der Waals surface area contributed by atoms with Gasteiger partial charge in [-0.3, -0.25) is 0 Å². The molecule has 0 saturated carbocycles. The fraction of sp³-hybridized carbons (Fsp3) is 0.600. The maximum absolute atomic E-state index is 9.01. The Morgan fingerprint density at radius 2 is 2.09 bits per heavy atom. The Morgan fingerprint density at radius 3 is 2.82 bits per heavy atom. The van der Waals surface area contributed by atoms with Crippen LogP contribution in [0.25, 0.3) is 0 Å². The van der Waals surface area contributed by atoms with Crippen molar-refractivity contribution >= 4 is 0 Å². The fourth-order valence-electron chi connectivity index (χ4n) is 2.32. The van der Waals surface area contributed by atoms with Crippen LogP contribution in [0, 0.1) is 11.8 Å². The van der Waals surface area contributed by atoms with Gasteiger partial charge in [0.15, 0.2) is 0 Å². The van der Waals surface area contributed by atoms with Crippen LogP contribution in [0.4, 0.5) is 0 Å². The Balaban J connectivity index is 2.16. The molecular weight excluding hydrogens is 136 g/mol. The van der Waals surface area contributed by atoms with Crippen LogP contribution in [-0.4, -0.2) is 11.7 Å². The fourth-order valence-corrected chi connectivity index (χ4v) is 2.32. The molecule has 2 aliphatic rings. The first-order chi connectivity index (χ1) is 5.33. The second-order valence-corrected chi connectivity index (χ2v) is 3.57. The van der Waals surface area contributed by atoms with Gasteiger partial charge in [-0.15, -0.1) is 0 Å². The van der Waals surface area contributed by atoms with Crippen molar-refractivity contribution in [2.45, 2.75) is 19.8 Å². The van der Waals surface area contributed by atoms with E-state index in [1.807, 2.05) is 0 Å². The van der Waals surface area contributed by atoms with E-state index in [1.165, 1.54) is 11.1 Å². The summed E-state index contributed by atoms with van der Waals surface area (Å²) in [5.74, 6) is 1.39. The summed E-state index contributed by atoms with van der Waals surface area (Å²) in [7, 11) is 0. The van der Waals surface area contributed by atoms with Gasteiger partial charge in [0, 0.05) is 0 Å². The first-order valence-corrected chi connectivity index (χ1v) is 4.29. The molecule has 1 heteroatoms. The van der Waals surface area contributed by atoms with E-state index in [9.17, 15) is 0 Å². The minimum Gasteiger partial charge on any atom is -0.392 e. The maximum Gasteiger partial charge on any atom is 0.0644 e. The van der Waals surface area contributed by atoms with Crippen molar-refractivity contribution in [2.24, 2.45) is 11.8 Å². The van der Waals surface area contributed by atoms with Crippen LogP contribution >= 0.6 is 0 Å². The van der Waals surface area contributed by atoms with Crippen LogP contribution < -0.4 is 0 Å². The summed E-state index contributed by atoms with van der Waals surface area (Å²) >= 11 is 0. The standard InChI is InChI=1S/C10H14O/c1-7-2-4-10-8(6-11)3-5-9(7)10/h2-3,9-11H,4-6H2,1H3. The van der Waals surface area contributed by atoms with Crippen LogP contribution in [0.3, 0.4) is 0 Å². The normalized spacial score (nSPS) is 35.1. The third-order valence-electron chi connectivity index (χ3n) is 3.06. The monoisotopic (exact) mass is 150 g/mol. The molecule has 1 nitrogen and oxygen atoms in total. The molecule has 0 aromatic heterocycles. The molecule has 0 bridgehead atoms.